The van der Waals surface area contributed by atoms with Crippen LogP contribution in [-0.2, 0) is 10.7 Å². The average Bonchev–Trinajstić information content (AvgIpc) is 2.00. The van der Waals surface area contributed by atoms with E-state index in [2.05, 4.69) is 0 Å². The Bertz CT molecular complexity index is 351. The van der Waals surface area contributed by atoms with Gasteiger partial charge in [-0.05, 0) is 0 Å². The Labute approximate surface area is 90.1 Å². The van der Waals surface area contributed by atoms with E-state index < -0.39 is 13.0 Å². The first-order chi connectivity index (χ1) is 6.76. The topological polar surface area (TPSA) is 46.5 Å². The molecule has 1 aromatic rings. The van der Waals surface area contributed by atoms with Gasteiger partial charge in [-0.25, -0.2) is 0 Å². The van der Waals surface area contributed by atoms with Gasteiger partial charge in [0.05, 0.1) is 0 Å². The summed E-state index contributed by atoms with van der Waals surface area (Å²) >= 11 is 0. The Hall–Kier alpha value is -1.08. The number of rotatable bonds is 3. The molecule has 1 N–H and O–H groups in total. The summed E-state index contributed by atoms with van der Waals surface area (Å²) in [4.78, 5) is 10.6. The number of benzene rings is 1. The monoisotopic (exact) mass is 228 g/mol. The standard InChI is InChI=1S/C11H17O3P/c1-15(2,3,14-11(12)13)9-10-7-5-4-6-8-10/h4-8H,9H2,1-3H3,(H,12,13). The van der Waals surface area contributed by atoms with E-state index in [0.717, 1.165) is 5.56 Å². The summed E-state index contributed by atoms with van der Waals surface area (Å²) in [6, 6.07) is 9.81. The van der Waals surface area contributed by atoms with Crippen LogP contribution < -0.4 is 0 Å². The molecule has 4 heteroatoms. The van der Waals surface area contributed by atoms with Gasteiger partial charge in [-0.1, -0.05) is 0 Å². The van der Waals surface area contributed by atoms with Gasteiger partial charge in [0, 0.05) is 0 Å². The predicted octanol–water partition coefficient (Wildman–Crippen LogP) is 3.24. The van der Waals surface area contributed by atoms with Crippen LogP contribution in [0.4, 0.5) is 4.79 Å². The Balaban J connectivity index is 2.83. The van der Waals surface area contributed by atoms with Gasteiger partial charge in [0.25, 0.3) is 0 Å². The van der Waals surface area contributed by atoms with Crippen molar-refractivity contribution in [2.75, 3.05) is 20.0 Å². The molecule has 0 unspecified atom stereocenters. The number of hydrogen-bond acceptors (Lipinski definition) is 2. The molecule has 0 fully saturated rings. The second-order valence-electron chi connectivity index (χ2n) is 4.97. The van der Waals surface area contributed by atoms with E-state index in [1.165, 1.54) is 0 Å². The van der Waals surface area contributed by atoms with Gasteiger partial charge in [0.1, 0.15) is 0 Å². The average molecular weight is 228 g/mol. The van der Waals surface area contributed by atoms with E-state index in [1.54, 1.807) is 0 Å². The molecule has 1 rings (SSSR count). The summed E-state index contributed by atoms with van der Waals surface area (Å²) in [6.45, 7) is 3.15. The van der Waals surface area contributed by atoms with Crippen LogP contribution in [0.5, 0.6) is 0 Å². The molecular weight excluding hydrogens is 211 g/mol. The second-order valence-corrected chi connectivity index (χ2v) is 11.4. The van der Waals surface area contributed by atoms with Gasteiger partial charge in [-0.15, -0.1) is 0 Å². The van der Waals surface area contributed by atoms with Crippen LogP contribution in [0.1, 0.15) is 5.56 Å². The number of carbonyl (C=O) groups is 1. The van der Waals surface area contributed by atoms with Crippen molar-refractivity contribution in [2.45, 2.75) is 6.16 Å². The van der Waals surface area contributed by atoms with Gasteiger partial charge < -0.3 is 0 Å². The zero-order chi connectivity index (χ0) is 11.6. The third-order valence-electron chi connectivity index (χ3n) is 1.98. The molecule has 0 atom stereocenters. The molecule has 15 heavy (non-hydrogen) atoms. The van der Waals surface area contributed by atoms with Crippen molar-refractivity contribution in [2.24, 2.45) is 0 Å². The van der Waals surface area contributed by atoms with Gasteiger partial charge in [-0.2, -0.15) is 0 Å². The van der Waals surface area contributed by atoms with Crippen LogP contribution in [-0.4, -0.2) is 31.3 Å². The summed E-state index contributed by atoms with van der Waals surface area (Å²) in [5.41, 5.74) is 1.11. The molecular formula is C11H17O3P. The molecule has 0 amide bonds. The van der Waals surface area contributed by atoms with Crippen molar-refractivity contribution in [1.82, 2.24) is 0 Å². The van der Waals surface area contributed by atoms with Crippen molar-refractivity contribution in [3.05, 3.63) is 35.9 Å². The van der Waals surface area contributed by atoms with Crippen LogP contribution in [0.2, 0.25) is 0 Å². The Morgan fingerprint density at radius 2 is 1.80 bits per heavy atom. The van der Waals surface area contributed by atoms with E-state index in [0.29, 0.717) is 6.16 Å². The summed E-state index contributed by atoms with van der Waals surface area (Å²) in [6.07, 6.45) is -0.505. The van der Waals surface area contributed by atoms with E-state index >= 15 is 0 Å². The molecule has 84 valence electrons. The first-order valence-electron chi connectivity index (χ1n) is 4.74. The molecule has 0 bridgehead atoms. The molecule has 0 spiro atoms. The summed E-state index contributed by atoms with van der Waals surface area (Å²) in [7, 11) is 0. The molecule has 0 radical (unpaired) electrons. The minimum atomic E-state index is -2.57. The molecule has 0 aliphatic carbocycles. The third-order valence-corrected chi connectivity index (χ3v) is 4.26. The van der Waals surface area contributed by atoms with E-state index in [4.69, 9.17) is 9.63 Å². The van der Waals surface area contributed by atoms with E-state index in [1.807, 2.05) is 50.3 Å². The van der Waals surface area contributed by atoms with Crippen LogP contribution in [0.15, 0.2) is 30.3 Å². The van der Waals surface area contributed by atoms with Crippen LogP contribution in [0.3, 0.4) is 0 Å². The Kier molecular flexibility index (Phi) is 3.05. The zero-order valence-electron chi connectivity index (χ0n) is 9.30. The first kappa shape index (κ1) is 12.0. The summed E-state index contributed by atoms with van der Waals surface area (Å²) in [5.74, 6) is 0. The second kappa shape index (κ2) is 3.82. The maximum absolute atomic E-state index is 10.6. The molecule has 1 aromatic carbocycles. The molecule has 0 aliphatic heterocycles. The van der Waals surface area contributed by atoms with Crippen LogP contribution >= 0.6 is 6.83 Å². The van der Waals surface area contributed by atoms with Crippen LogP contribution in [0, 0.1) is 0 Å². The van der Waals surface area contributed by atoms with Crippen molar-refractivity contribution in [3.8, 4) is 0 Å². The summed E-state index contributed by atoms with van der Waals surface area (Å²) < 4.78 is 5.08. The van der Waals surface area contributed by atoms with Gasteiger partial charge in [0.15, 0.2) is 0 Å². The summed E-state index contributed by atoms with van der Waals surface area (Å²) in [5, 5.41) is 8.70. The fourth-order valence-corrected chi connectivity index (χ4v) is 3.63. The van der Waals surface area contributed by atoms with Gasteiger partial charge in [-0.3, -0.25) is 0 Å². The van der Waals surface area contributed by atoms with Crippen molar-refractivity contribution in [3.63, 3.8) is 0 Å². The third kappa shape index (κ3) is 4.30. The van der Waals surface area contributed by atoms with E-state index in [9.17, 15) is 4.79 Å². The molecule has 0 heterocycles. The SMILES string of the molecule is CP(C)(C)(Cc1ccccc1)OC(=O)O. The van der Waals surface area contributed by atoms with Crippen molar-refractivity contribution < 1.29 is 14.4 Å². The predicted molar refractivity (Wildman–Crippen MR) is 63.9 cm³/mol. The first-order valence-corrected chi connectivity index (χ1v) is 8.42. The number of hydrogen-bond donors (Lipinski definition) is 1. The van der Waals surface area contributed by atoms with Gasteiger partial charge in [0.2, 0.25) is 0 Å². The Morgan fingerprint density at radius 3 is 2.27 bits per heavy atom. The van der Waals surface area contributed by atoms with Crippen molar-refractivity contribution >= 4 is 13.0 Å². The fraction of sp³-hybridized carbons (Fsp3) is 0.364. The van der Waals surface area contributed by atoms with E-state index in [-0.39, 0.29) is 0 Å². The molecule has 0 saturated heterocycles. The van der Waals surface area contributed by atoms with Crippen molar-refractivity contribution in [1.29, 1.82) is 0 Å². The quantitative estimate of drug-likeness (QED) is 0.808. The van der Waals surface area contributed by atoms with Gasteiger partial charge >= 0.3 is 89.5 Å². The minimum absolute atomic E-state index is 0.679. The maximum atomic E-state index is 10.6. The zero-order valence-corrected chi connectivity index (χ0v) is 10.2. The molecule has 0 saturated carbocycles. The molecule has 0 aromatic heterocycles. The molecule has 3 nitrogen and oxygen atoms in total. The normalized spacial score (nSPS) is 13.9. The number of carboxylic acid groups (broad SMARTS) is 1. The fourth-order valence-electron chi connectivity index (χ4n) is 1.53. The van der Waals surface area contributed by atoms with Crippen LogP contribution in [0.25, 0.3) is 0 Å². The Morgan fingerprint density at radius 1 is 1.27 bits per heavy atom. The molecule has 0 aliphatic rings.